The molecule has 0 bridgehead atoms. The van der Waals surface area contributed by atoms with Crippen LogP contribution in [-0.4, -0.2) is 12.2 Å². The topological polar surface area (TPSA) is 9.23 Å². The lowest BCUT2D eigenvalue weighted by atomic mass is 9.97. The molecular weight excluding hydrogens is 232 g/mol. The Balaban J connectivity index is 4.22. The molecule has 2 atom stereocenters. The lowest BCUT2D eigenvalue weighted by Gasteiger charge is -2.30. The van der Waals surface area contributed by atoms with Crippen LogP contribution in [0.4, 0.5) is 0 Å². The number of hydrogen-bond donors (Lipinski definition) is 0. The second-order valence-electron chi connectivity index (χ2n) is 6.69. The van der Waals surface area contributed by atoms with E-state index in [0.717, 1.165) is 0 Å². The van der Waals surface area contributed by atoms with Gasteiger partial charge in [0.15, 0.2) is 0 Å². The molecular formula is C18H38O. The Labute approximate surface area is 122 Å². The first-order chi connectivity index (χ1) is 9.02. The van der Waals surface area contributed by atoms with Crippen LogP contribution in [0.15, 0.2) is 0 Å². The Hall–Kier alpha value is -0.0400. The molecule has 0 N–H and O–H groups in total. The van der Waals surface area contributed by atoms with Crippen LogP contribution in [0.1, 0.15) is 92.9 Å². The molecule has 0 saturated carbocycles. The average Bonchev–Trinajstić information content (AvgIpc) is 2.35. The van der Waals surface area contributed by atoms with Crippen LogP contribution in [-0.2, 0) is 4.74 Å². The van der Waals surface area contributed by atoms with Gasteiger partial charge in [0.25, 0.3) is 0 Å². The summed E-state index contributed by atoms with van der Waals surface area (Å²) in [6, 6.07) is 0. The van der Waals surface area contributed by atoms with Crippen molar-refractivity contribution in [2.75, 3.05) is 0 Å². The van der Waals surface area contributed by atoms with Crippen molar-refractivity contribution in [3.8, 4) is 0 Å². The van der Waals surface area contributed by atoms with Gasteiger partial charge in [0.2, 0.25) is 0 Å². The number of ether oxygens (including phenoxy) is 1. The normalized spacial score (nSPS) is 15.2. The Morgan fingerprint density at radius 3 is 1.26 bits per heavy atom. The third kappa shape index (κ3) is 9.49. The van der Waals surface area contributed by atoms with Crippen molar-refractivity contribution in [1.29, 1.82) is 0 Å². The zero-order chi connectivity index (χ0) is 14.7. The second kappa shape index (κ2) is 11.8. The van der Waals surface area contributed by atoms with E-state index in [-0.39, 0.29) is 0 Å². The van der Waals surface area contributed by atoms with Crippen LogP contribution < -0.4 is 0 Å². The van der Waals surface area contributed by atoms with Gasteiger partial charge in [0.05, 0.1) is 12.2 Å². The number of unbranched alkanes of at least 4 members (excludes halogenated alkanes) is 4. The molecule has 0 aromatic heterocycles. The maximum Gasteiger partial charge on any atom is 0.0601 e. The molecule has 0 aromatic carbocycles. The minimum atomic E-state index is 0.459. The quantitative estimate of drug-likeness (QED) is 0.383. The van der Waals surface area contributed by atoms with Crippen LogP contribution >= 0.6 is 0 Å². The molecule has 0 rings (SSSR count). The minimum Gasteiger partial charge on any atom is -0.374 e. The number of rotatable bonds is 12. The van der Waals surface area contributed by atoms with E-state index in [9.17, 15) is 0 Å². The van der Waals surface area contributed by atoms with Gasteiger partial charge in [-0.25, -0.2) is 0 Å². The van der Waals surface area contributed by atoms with Gasteiger partial charge in [-0.05, 0) is 24.7 Å². The average molecular weight is 271 g/mol. The largest absolute Gasteiger partial charge is 0.374 e. The summed E-state index contributed by atoms with van der Waals surface area (Å²) in [5.41, 5.74) is 0. The van der Waals surface area contributed by atoms with E-state index < -0.39 is 0 Å². The van der Waals surface area contributed by atoms with E-state index in [4.69, 9.17) is 4.74 Å². The van der Waals surface area contributed by atoms with Crippen LogP contribution in [0.25, 0.3) is 0 Å². The Morgan fingerprint density at radius 1 is 0.632 bits per heavy atom. The van der Waals surface area contributed by atoms with Crippen LogP contribution in [0.3, 0.4) is 0 Å². The Morgan fingerprint density at radius 2 is 1.00 bits per heavy atom. The Kier molecular flexibility index (Phi) is 11.7. The summed E-state index contributed by atoms with van der Waals surface area (Å²) < 4.78 is 6.47. The van der Waals surface area contributed by atoms with Crippen molar-refractivity contribution in [1.82, 2.24) is 0 Å². The van der Waals surface area contributed by atoms with Gasteiger partial charge >= 0.3 is 0 Å². The van der Waals surface area contributed by atoms with Crippen molar-refractivity contribution in [2.24, 2.45) is 11.8 Å². The minimum absolute atomic E-state index is 0.459. The monoisotopic (exact) mass is 270 g/mol. The molecule has 19 heavy (non-hydrogen) atoms. The van der Waals surface area contributed by atoms with Gasteiger partial charge in [-0.2, -0.15) is 0 Å². The van der Waals surface area contributed by atoms with Crippen molar-refractivity contribution in [2.45, 2.75) is 105 Å². The van der Waals surface area contributed by atoms with Crippen molar-refractivity contribution in [3.63, 3.8) is 0 Å². The van der Waals surface area contributed by atoms with E-state index in [1.807, 2.05) is 0 Å². The fourth-order valence-corrected chi connectivity index (χ4v) is 2.53. The van der Waals surface area contributed by atoms with E-state index in [2.05, 4.69) is 41.5 Å². The first kappa shape index (κ1) is 19.0. The van der Waals surface area contributed by atoms with Crippen LogP contribution in [0, 0.1) is 11.8 Å². The number of hydrogen-bond acceptors (Lipinski definition) is 1. The summed E-state index contributed by atoms with van der Waals surface area (Å²) in [7, 11) is 0. The fraction of sp³-hybridized carbons (Fsp3) is 1.00. The SMILES string of the molecule is CCCCCC(OC(CCCCC)C(C)C)C(C)C. The molecule has 0 saturated heterocycles. The third-order valence-electron chi connectivity index (χ3n) is 4.02. The van der Waals surface area contributed by atoms with Crippen LogP contribution in [0.2, 0.25) is 0 Å². The first-order valence-corrected chi connectivity index (χ1v) is 8.68. The van der Waals surface area contributed by atoms with Gasteiger partial charge in [0, 0.05) is 0 Å². The Bertz CT molecular complexity index is 166. The molecule has 0 spiro atoms. The molecule has 0 heterocycles. The fourth-order valence-electron chi connectivity index (χ4n) is 2.53. The van der Waals surface area contributed by atoms with Crippen molar-refractivity contribution < 1.29 is 4.74 Å². The highest BCUT2D eigenvalue weighted by molar-refractivity contribution is 4.70. The van der Waals surface area contributed by atoms with Gasteiger partial charge in [-0.1, -0.05) is 80.1 Å². The summed E-state index contributed by atoms with van der Waals surface area (Å²) in [6.45, 7) is 13.8. The van der Waals surface area contributed by atoms with E-state index in [0.29, 0.717) is 24.0 Å². The van der Waals surface area contributed by atoms with Gasteiger partial charge in [0.1, 0.15) is 0 Å². The molecule has 0 aliphatic carbocycles. The highest BCUT2D eigenvalue weighted by Crippen LogP contribution is 2.23. The van der Waals surface area contributed by atoms with Gasteiger partial charge in [-0.15, -0.1) is 0 Å². The standard InChI is InChI=1S/C18H38O/c1-7-9-11-13-17(15(3)4)19-18(16(5)6)14-12-10-8-2/h15-18H,7-14H2,1-6H3. The van der Waals surface area contributed by atoms with Crippen molar-refractivity contribution in [3.05, 3.63) is 0 Å². The molecule has 1 heteroatoms. The molecule has 0 aliphatic heterocycles. The summed E-state index contributed by atoms with van der Waals surface area (Å²) >= 11 is 0. The van der Waals surface area contributed by atoms with Gasteiger partial charge in [-0.3, -0.25) is 0 Å². The maximum absolute atomic E-state index is 6.47. The zero-order valence-electron chi connectivity index (χ0n) is 14.4. The molecule has 0 amide bonds. The highest BCUT2D eigenvalue weighted by Gasteiger charge is 2.21. The second-order valence-corrected chi connectivity index (χ2v) is 6.69. The predicted octanol–water partition coefficient (Wildman–Crippen LogP) is 6.21. The van der Waals surface area contributed by atoms with E-state index in [1.54, 1.807) is 0 Å². The van der Waals surface area contributed by atoms with Gasteiger partial charge < -0.3 is 4.74 Å². The zero-order valence-corrected chi connectivity index (χ0v) is 14.4. The molecule has 116 valence electrons. The first-order valence-electron chi connectivity index (χ1n) is 8.68. The van der Waals surface area contributed by atoms with E-state index >= 15 is 0 Å². The van der Waals surface area contributed by atoms with E-state index in [1.165, 1.54) is 51.4 Å². The highest BCUT2D eigenvalue weighted by atomic mass is 16.5. The third-order valence-corrected chi connectivity index (χ3v) is 4.02. The molecule has 0 radical (unpaired) electrons. The van der Waals surface area contributed by atoms with Crippen LogP contribution in [0.5, 0.6) is 0 Å². The lowest BCUT2D eigenvalue weighted by molar-refractivity contribution is -0.0649. The molecule has 1 nitrogen and oxygen atoms in total. The molecule has 0 fully saturated rings. The lowest BCUT2D eigenvalue weighted by Crippen LogP contribution is -2.30. The summed E-state index contributed by atoms with van der Waals surface area (Å²) in [4.78, 5) is 0. The molecule has 2 unspecified atom stereocenters. The summed E-state index contributed by atoms with van der Waals surface area (Å²) in [6.07, 6.45) is 11.3. The maximum atomic E-state index is 6.47. The predicted molar refractivity (Wildman–Crippen MR) is 86.6 cm³/mol. The molecule has 0 aromatic rings. The molecule has 0 aliphatic rings. The van der Waals surface area contributed by atoms with Crippen molar-refractivity contribution >= 4 is 0 Å². The summed E-state index contributed by atoms with van der Waals surface area (Å²) in [5, 5.41) is 0. The smallest absolute Gasteiger partial charge is 0.0601 e. The summed E-state index contributed by atoms with van der Waals surface area (Å²) in [5.74, 6) is 1.29.